The lowest BCUT2D eigenvalue weighted by atomic mass is 10.0. The molecule has 2 aliphatic rings. The van der Waals surface area contributed by atoms with Crippen molar-refractivity contribution in [3.05, 3.63) is 41.6 Å². The Labute approximate surface area is 159 Å². The highest BCUT2D eigenvalue weighted by atomic mass is 16.5. The molecule has 2 aromatic rings. The maximum Gasteiger partial charge on any atom is 0.227 e. The molecule has 0 radical (unpaired) electrons. The van der Waals surface area contributed by atoms with Gasteiger partial charge in [-0.3, -0.25) is 0 Å². The molecule has 0 spiro atoms. The molecule has 2 fully saturated rings. The van der Waals surface area contributed by atoms with Gasteiger partial charge in [0.15, 0.2) is 0 Å². The zero-order chi connectivity index (χ0) is 18.6. The molecule has 2 saturated heterocycles. The molecule has 0 amide bonds. The standard InChI is InChI=1S/C20H26N4O3/c1-26-18-5-3-2-4-14(18)6-8-21-19-10-17(15-7-9-27-13-15)22-20(23-19)24-11-16(25)12-24/h2-5,10,15-16,25H,6-9,11-13H2,1H3,(H,21,22,23)/t15-/m1/s1. The van der Waals surface area contributed by atoms with Crippen molar-refractivity contribution >= 4 is 11.8 Å². The van der Waals surface area contributed by atoms with Crippen LogP contribution in [0.4, 0.5) is 11.8 Å². The van der Waals surface area contributed by atoms with E-state index in [2.05, 4.69) is 16.4 Å². The number of ether oxygens (including phenoxy) is 2. The molecule has 1 aromatic carbocycles. The van der Waals surface area contributed by atoms with Gasteiger partial charge in [-0.05, 0) is 24.5 Å². The van der Waals surface area contributed by atoms with E-state index in [9.17, 15) is 5.11 Å². The summed E-state index contributed by atoms with van der Waals surface area (Å²) in [7, 11) is 1.69. The number of para-hydroxylation sites is 1. The molecule has 7 heteroatoms. The third-order valence-electron chi connectivity index (χ3n) is 5.12. The van der Waals surface area contributed by atoms with Crippen LogP contribution in [-0.2, 0) is 11.2 Å². The molecule has 27 heavy (non-hydrogen) atoms. The van der Waals surface area contributed by atoms with E-state index >= 15 is 0 Å². The Morgan fingerprint density at radius 2 is 2.15 bits per heavy atom. The van der Waals surface area contributed by atoms with Gasteiger partial charge in [-0.1, -0.05) is 18.2 Å². The van der Waals surface area contributed by atoms with Crippen LogP contribution in [0, 0.1) is 0 Å². The van der Waals surface area contributed by atoms with Crippen molar-refractivity contribution in [1.82, 2.24) is 9.97 Å². The molecule has 2 N–H and O–H groups in total. The summed E-state index contributed by atoms with van der Waals surface area (Å²) < 4.78 is 10.9. The minimum atomic E-state index is -0.283. The lowest BCUT2D eigenvalue weighted by molar-refractivity contribution is 0.140. The molecule has 3 heterocycles. The highest BCUT2D eigenvalue weighted by molar-refractivity contribution is 5.46. The van der Waals surface area contributed by atoms with Gasteiger partial charge in [-0.2, -0.15) is 4.98 Å². The van der Waals surface area contributed by atoms with Crippen LogP contribution in [0.2, 0.25) is 0 Å². The van der Waals surface area contributed by atoms with Crippen molar-refractivity contribution in [2.24, 2.45) is 0 Å². The smallest absolute Gasteiger partial charge is 0.227 e. The Morgan fingerprint density at radius 3 is 2.89 bits per heavy atom. The summed E-state index contributed by atoms with van der Waals surface area (Å²) in [5.41, 5.74) is 2.18. The summed E-state index contributed by atoms with van der Waals surface area (Å²) >= 11 is 0. The fourth-order valence-corrected chi connectivity index (χ4v) is 3.52. The molecule has 0 saturated carbocycles. The van der Waals surface area contributed by atoms with Crippen molar-refractivity contribution in [3.63, 3.8) is 0 Å². The number of aromatic nitrogens is 2. The number of anilines is 2. The number of benzene rings is 1. The molecule has 0 aliphatic carbocycles. The first-order valence-electron chi connectivity index (χ1n) is 9.48. The Hall–Kier alpha value is -2.38. The number of aliphatic hydroxyl groups excluding tert-OH is 1. The fourth-order valence-electron chi connectivity index (χ4n) is 3.52. The van der Waals surface area contributed by atoms with Crippen LogP contribution in [0.15, 0.2) is 30.3 Å². The highest BCUT2D eigenvalue weighted by Gasteiger charge is 2.28. The number of nitrogens with zero attached hydrogens (tertiary/aromatic N) is 3. The van der Waals surface area contributed by atoms with Crippen molar-refractivity contribution < 1.29 is 14.6 Å². The minimum Gasteiger partial charge on any atom is -0.496 e. The molecule has 0 bridgehead atoms. The van der Waals surface area contributed by atoms with E-state index in [-0.39, 0.29) is 6.10 Å². The zero-order valence-electron chi connectivity index (χ0n) is 15.6. The average molecular weight is 370 g/mol. The first-order valence-corrected chi connectivity index (χ1v) is 9.48. The van der Waals surface area contributed by atoms with E-state index < -0.39 is 0 Å². The molecular formula is C20H26N4O3. The SMILES string of the molecule is COc1ccccc1CCNc1cc([C@@H]2CCOC2)nc(N2CC(O)C2)n1. The van der Waals surface area contributed by atoms with Crippen LogP contribution in [-0.4, -0.2) is 61.1 Å². The predicted octanol–water partition coefficient (Wildman–Crippen LogP) is 1.82. The fraction of sp³-hybridized carbons (Fsp3) is 0.500. The second kappa shape index (κ2) is 8.10. The van der Waals surface area contributed by atoms with Gasteiger partial charge in [0, 0.05) is 38.2 Å². The normalized spacial score (nSPS) is 19.8. The Bertz CT molecular complexity index is 774. The zero-order valence-corrected chi connectivity index (χ0v) is 15.6. The third kappa shape index (κ3) is 4.14. The quantitative estimate of drug-likeness (QED) is 0.770. The van der Waals surface area contributed by atoms with Gasteiger partial charge in [0.25, 0.3) is 0 Å². The molecule has 4 rings (SSSR count). The summed E-state index contributed by atoms with van der Waals surface area (Å²) in [5.74, 6) is 2.72. The average Bonchev–Trinajstić information content (AvgIpc) is 3.20. The number of β-amino-alcohol motifs (C(OH)–C–C–N with tert-alkyl or cyclic N) is 1. The highest BCUT2D eigenvalue weighted by Crippen LogP contribution is 2.28. The van der Waals surface area contributed by atoms with Crippen molar-refractivity contribution in [2.45, 2.75) is 24.9 Å². The summed E-state index contributed by atoms with van der Waals surface area (Å²) in [6, 6.07) is 10.1. The monoisotopic (exact) mass is 370 g/mol. The Balaban J connectivity index is 1.47. The van der Waals surface area contributed by atoms with Crippen LogP contribution in [0.5, 0.6) is 5.75 Å². The van der Waals surface area contributed by atoms with E-state index in [0.29, 0.717) is 31.6 Å². The van der Waals surface area contributed by atoms with Crippen LogP contribution in [0.25, 0.3) is 0 Å². The summed E-state index contributed by atoms with van der Waals surface area (Å²) in [5, 5.41) is 13.0. The lowest BCUT2D eigenvalue weighted by Crippen LogP contribution is -2.51. The number of rotatable bonds is 7. The number of methoxy groups -OCH3 is 1. The second-order valence-electron chi connectivity index (χ2n) is 7.09. The molecule has 2 aliphatic heterocycles. The Morgan fingerprint density at radius 1 is 1.30 bits per heavy atom. The number of aliphatic hydroxyl groups is 1. The first kappa shape index (κ1) is 18.0. The van der Waals surface area contributed by atoms with E-state index in [1.54, 1.807) is 7.11 Å². The van der Waals surface area contributed by atoms with Crippen LogP contribution >= 0.6 is 0 Å². The van der Waals surface area contributed by atoms with E-state index in [1.807, 2.05) is 29.2 Å². The van der Waals surface area contributed by atoms with Crippen LogP contribution in [0.1, 0.15) is 23.6 Å². The minimum absolute atomic E-state index is 0.283. The van der Waals surface area contributed by atoms with Gasteiger partial charge < -0.3 is 24.8 Å². The topological polar surface area (TPSA) is 79.7 Å². The van der Waals surface area contributed by atoms with Crippen LogP contribution < -0.4 is 15.0 Å². The molecule has 1 atom stereocenters. The molecule has 7 nitrogen and oxygen atoms in total. The summed E-state index contributed by atoms with van der Waals surface area (Å²) in [6.45, 7) is 3.42. The van der Waals surface area contributed by atoms with Gasteiger partial charge in [-0.25, -0.2) is 4.98 Å². The lowest BCUT2D eigenvalue weighted by Gasteiger charge is -2.36. The van der Waals surface area contributed by atoms with Crippen molar-refractivity contribution in [3.8, 4) is 5.75 Å². The number of nitrogens with one attached hydrogen (secondary N) is 1. The van der Waals surface area contributed by atoms with Crippen molar-refractivity contribution in [1.29, 1.82) is 0 Å². The van der Waals surface area contributed by atoms with E-state index in [0.717, 1.165) is 48.8 Å². The van der Waals surface area contributed by atoms with Crippen molar-refractivity contribution in [2.75, 3.05) is 50.2 Å². The second-order valence-corrected chi connectivity index (χ2v) is 7.09. The third-order valence-corrected chi connectivity index (χ3v) is 5.12. The van der Waals surface area contributed by atoms with E-state index in [1.165, 1.54) is 0 Å². The van der Waals surface area contributed by atoms with E-state index in [4.69, 9.17) is 14.5 Å². The van der Waals surface area contributed by atoms with Gasteiger partial charge in [0.1, 0.15) is 11.6 Å². The number of hydrogen-bond acceptors (Lipinski definition) is 7. The number of hydrogen-bond donors (Lipinski definition) is 2. The maximum absolute atomic E-state index is 9.60. The summed E-state index contributed by atoms with van der Waals surface area (Å²) in [4.78, 5) is 11.4. The maximum atomic E-state index is 9.60. The molecule has 144 valence electrons. The predicted molar refractivity (Wildman–Crippen MR) is 104 cm³/mol. The van der Waals surface area contributed by atoms with Gasteiger partial charge in [-0.15, -0.1) is 0 Å². The van der Waals surface area contributed by atoms with Gasteiger partial charge >= 0.3 is 0 Å². The van der Waals surface area contributed by atoms with Gasteiger partial charge in [0.05, 0.1) is 25.5 Å². The first-order chi connectivity index (χ1) is 13.2. The molecule has 0 unspecified atom stereocenters. The molecule has 1 aromatic heterocycles. The van der Waals surface area contributed by atoms with Gasteiger partial charge in [0.2, 0.25) is 5.95 Å². The van der Waals surface area contributed by atoms with Crippen LogP contribution in [0.3, 0.4) is 0 Å². The molecular weight excluding hydrogens is 344 g/mol. The Kier molecular flexibility index (Phi) is 5.40. The summed E-state index contributed by atoms with van der Waals surface area (Å²) in [6.07, 6.45) is 1.54. The largest absolute Gasteiger partial charge is 0.496 e.